The maximum absolute atomic E-state index is 10.6. The van der Waals surface area contributed by atoms with E-state index in [1.807, 2.05) is 0 Å². The lowest BCUT2D eigenvalue weighted by Crippen LogP contribution is -2.02. The number of hydrogen-bond acceptors (Lipinski definition) is 4. The van der Waals surface area contributed by atoms with Crippen LogP contribution in [0.2, 0.25) is 0 Å². The summed E-state index contributed by atoms with van der Waals surface area (Å²) in [4.78, 5) is 14.2. The van der Waals surface area contributed by atoms with Crippen LogP contribution in [-0.4, -0.2) is 16.0 Å². The van der Waals surface area contributed by atoms with E-state index >= 15 is 0 Å². The molecule has 1 heterocycles. The Balaban J connectivity index is 2.31. The highest BCUT2D eigenvalue weighted by atomic mass is 16.6. The van der Waals surface area contributed by atoms with Crippen molar-refractivity contribution in [3.05, 3.63) is 27.9 Å². The fourth-order valence-electron chi connectivity index (χ4n) is 1.09. The predicted molar refractivity (Wildman–Crippen MR) is 49.3 cm³/mol. The monoisotopic (exact) mass is 194 g/mol. The smallest absolute Gasteiger partial charge is 0.330 e. The van der Waals surface area contributed by atoms with E-state index in [2.05, 4.69) is 4.98 Å². The minimum atomic E-state index is -0.468. The van der Waals surface area contributed by atoms with Crippen molar-refractivity contribution < 1.29 is 9.66 Å². The Labute approximate surface area is 80.9 Å². The molecule has 1 aromatic rings. The van der Waals surface area contributed by atoms with Gasteiger partial charge >= 0.3 is 5.69 Å². The fraction of sp³-hybridized carbons (Fsp3) is 0.444. The molecule has 1 aromatic heterocycles. The standard InChI is InChI=1S/C9H10N2O3/c1-6-2-5-8(11(12)13)9(10-6)14-7-3-4-7/h2,5,7H,3-4H2,1H3. The van der Waals surface area contributed by atoms with Crippen molar-refractivity contribution in [2.24, 2.45) is 0 Å². The first-order valence-electron chi connectivity index (χ1n) is 4.45. The van der Waals surface area contributed by atoms with E-state index in [0.29, 0.717) is 0 Å². The zero-order chi connectivity index (χ0) is 10.1. The Morgan fingerprint density at radius 2 is 2.29 bits per heavy atom. The fourth-order valence-corrected chi connectivity index (χ4v) is 1.09. The largest absolute Gasteiger partial charge is 0.469 e. The summed E-state index contributed by atoms with van der Waals surface area (Å²) < 4.78 is 5.35. The summed E-state index contributed by atoms with van der Waals surface area (Å²) in [5, 5.41) is 10.6. The third-order valence-electron chi connectivity index (χ3n) is 1.98. The molecule has 0 aromatic carbocycles. The van der Waals surface area contributed by atoms with Gasteiger partial charge in [0, 0.05) is 11.8 Å². The molecule has 0 saturated heterocycles. The van der Waals surface area contributed by atoms with Crippen LogP contribution in [0.5, 0.6) is 5.88 Å². The molecule has 1 aliphatic rings. The van der Waals surface area contributed by atoms with Crippen LogP contribution in [0, 0.1) is 17.0 Å². The molecule has 0 N–H and O–H groups in total. The van der Waals surface area contributed by atoms with Crippen LogP contribution in [0.15, 0.2) is 12.1 Å². The molecule has 0 radical (unpaired) electrons. The third-order valence-corrected chi connectivity index (χ3v) is 1.98. The number of nitro groups is 1. The summed E-state index contributed by atoms with van der Waals surface area (Å²) in [7, 11) is 0. The van der Waals surface area contributed by atoms with Crippen molar-refractivity contribution in [3.63, 3.8) is 0 Å². The van der Waals surface area contributed by atoms with E-state index < -0.39 is 4.92 Å². The highest BCUT2D eigenvalue weighted by Gasteiger charge is 2.28. The zero-order valence-electron chi connectivity index (χ0n) is 7.77. The lowest BCUT2D eigenvalue weighted by atomic mass is 10.3. The van der Waals surface area contributed by atoms with Gasteiger partial charge in [0.25, 0.3) is 5.88 Å². The van der Waals surface area contributed by atoms with Crippen LogP contribution in [0.3, 0.4) is 0 Å². The van der Waals surface area contributed by atoms with Crippen molar-refractivity contribution in [1.29, 1.82) is 0 Å². The molecule has 5 nitrogen and oxygen atoms in total. The Hall–Kier alpha value is -1.65. The Bertz CT molecular complexity index is 374. The molecule has 0 spiro atoms. The highest BCUT2D eigenvalue weighted by molar-refractivity contribution is 5.41. The third kappa shape index (κ3) is 1.81. The molecular formula is C9H10N2O3. The van der Waals surface area contributed by atoms with Crippen molar-refractivity contribution in [1.82, 2.24) is 4.98 Å². The first-order valence-corrected chi connectivity index (χ1v) is 4.45. The van der Waals surface area contributed by atoms with E-state index in [1.54, 1.807) is 13.0 Å². The molecule has 2 rings (SSSR count). The molecular weight excluding hydrogens is 184 g/mol. The summed E-state index contributed by atoms with van der Waals surface area (Å²) in [5.41, 5.74) is 0.675. The number of nitrogens with zero attached hydrogens (tertiary/aromatic N) is 2. The van der Waals surface area contributed by atoms with Gasteiger partial charge in [0.1, 0.15) is 6.10 Å². The van der Waals surface area contributed by atoms with Gasteiger partial charge in [-0.15, -0.1) is 0 Å². The van der Waals surface area contributed by atoms with E-state index in [-0.39, 0.29) is 17.7 Å². The van der Waals surface area contributed by atoms with E-state index in [0.717, 1.165) is 18.5 Å². The van der Waals surface area contributed by atoms with Gasteiger partial charge in [-0.1, -0.05) is 0 Å². The Morgan fingerprint density at radius 3 is 2.86 bits per heavy atom. The first-order chi connectivity index (χ1) is 6.66. The Morgan fingerprint density at radius 1 is 1.57 bits per heavy atom. The number of aromatic nitrogens is 1. The molecule has 0 bridgehead atoms. The molecule has 1 aliphatic carbocycles. The highest BCUT2D eigenvalue weighted by Crippen LogP contribution is 2.31. The van der Waals surface area contributed by atoms with Gasteiger partial charge in [-0.2, -0.15) is 0 Å². The van der Waals surface area contributed by atoms with Crippen molar-refractivity contribution in [3.8, 4) is 5.88 Å². The van der Waals surface area contributed by atoms with Crippen molar-refractivity contribution >= 4 is 5.69 Å². The average Bonchev–Trinajstić information content (AvgIpc) is 2.87. The molecule has 1 saturated carbocycles. The minimum Gasteiger partial charge on any atom is -0.469 e. The SMILES string of the molecule is Cc1ccc([N+](=O)[O-])c(OC2CC2)n1. The van der Waals surface area contributed by atoms with Crippen LogP contribution >= 0.6 is 0 Å². The summed E-state index contributed by atoms with van der Waals surface area (Å²) in [6.07, 6.45) is 2.06. The lowest BCUT2D eigenvalue weighted by Gasteiger charge is -2.04. The van der Waals surface area contributed by atoms with Crippen LogP contribution in [0.25, 0.3) is 0 Å². The molecule has 0 aliphatic heterocycles. The van der Waals surface area contributed by atoms with Gasteiger partial charge in [0.15, 0.2) is 0 Å². The zero-order valence-corrected chi connectivity index (χ0v) is 7.77. The first kappa shape index (κ1) is 8.93. The van der Waals surface area contributed by atoms with Crippen LogP contribution in [-0.2, 0) is 0 Å². The van der Waals surface area contributed by atoms with Crippen molar-refractivity contribution in [2.45, 2.75) is 25.9 Å². The van der Waals surface area contributed by atoms with Gasteiger partial charge in [0.2, 0.25) is 0 Å². The van der Waals surface area contributed by atoms with E-state index in [1.165, 1.54) is 6.07 Å². The second-order valence-electron chi connectivity index (χ2n) is 3.35. The maximum atomic E-state index is 10.6. The number of rotatable bonds is 3. The number of aryl methyl sites for hydroxylation is 1. The lowest BCUT2D eigenvalue weighted by molar-refractivity contribution is -0.386. The van der Waals surface area contributed by atoms with Crippen LogP contribution in [0.1, 0.15) is 18.5 Å². The summed E-state index contributed by atoms with van der Waals surface area (Å²) in [6.45, 7) is 1.78. The molecule has 14 heavy (non-hydrogen) atoms. The van der Waals surface area contributed by atoms with Gasteiger partial charge in [0.05, 0.1) is 4.92 Å². The van der Waals surface area contributed by atoms with Gasteiger partial charge < -0.3 is 4.74 Å². The summed E-state index contributed by atoms with van der Waals surface area (Å²) >= 11 is 0. The van der Waals surface area contributed by atoms with Gasteiger partial charge in [-0.3, -0.25) is 10.1 Å². The summed E-state index contributed by atoms with van der Waals surface area (Å²) in [5.74, 6) is 0.150. The molecule has 0 amide bonds. The molecule has 74 valence electrons. The van der Waals surface area contributed by atoms with Crippen LogP contribution < -0.4 is 4.74 Å². The van der Waals surface area contributed by atoms with E-state index in [4.69, 9.17) is 4.74 Å². The van der Waals surface area contributed by atoms with Crippen LogP contribution in [0.4, 0.5) is 5.69 Å². The Kier molecular flexibility index (Phi) is 2.07. The molecule has 0 atom stereocenters. The maximum Gasteiger partial charge on any atom is 0.330 e. The number of ether oxygens (including phenoxy) is 1. The molecule has 5 heteroatoms. The normalized spacial score (nSPS) is 15.2. The number of hydrogen-bond donors (Lipinski definition) is 0. The minimum absolute atomic E-state index is 0.0532. The quantitative estimate of drug-likeness (QED) is 0.544. The van der Waals surface area contributed by atoms with E-state index in [9.17, 15) is 10.1 Å². The summed E-state index contributed by atoms with van der Waals surface area (Å²) in [6, 6.07) is 3.04. The van der Waals surface area contributed by atoms with Crippen molar-refractivity contribution in [2.75, 3.05) is 0 Å². The average molecular weight is 194 g/mol. The molecule has 0 unspecified atom stereocenters. The number of pyridine rings is 1. The van der Waals surface area contributed by atoms with Gasteiger partial charge in [-0.25, -0.2) is 4.98 Å². The topological polar surface area (TPSA) is 65.3 Å². The second kappa shape index (κ2) is 3.25. The molecule has 1 fully saturated rings. The van der Waals surface area contributed by atoms with Gasteiger partial charge in [-0.05, 0) is 25.8 Å². The second-order valence-corrected chi connectivity index (χ2v) is 3.35. The predicted octanol–water partition coefficient (Wildman–Crippen LogP) is 1.84.